The van der Waals surface area contributed by atoms with Gasteiger partial charge in [-0.2, -0.15) is 0 Å². The molecule has 8 nitrogen and oxygen atoms in total. The first-order chi connectivity index (χ1) is 11.4. The number of hydroxylamine groups is 1. The number of sulfonamides is 1. The summed E-state index contributed by atoms with van der Waals surface area (Å²) in [6.45, 7) is 6.91. The average Bonchev–Trinajstić information content (AvgIpc) is 2.52. The molecule has 0 aromatic heterocycles. The van der Waals surface area contributed by atoms with Crippen molar-refractivity contribution < 1.29 is 27.6 Å². The number of esters is 1. The highest BCUT2D eigenvalue weighted by molar-refractivity contribution is 7.89. The summed E-state index contributed by atoms with van der Waals surface area (Å²) < 4.78 is 30.0. The van der Waals surface area contributed by atoms with Crippen LogP contribution in [0, 0.1) is 0 Å². The van der Waals surface area contributed by atoms with Gasteiger partial charge in [0.05, 0.1) is 17.6 Å². The van der Waals surface area contributed by atoms with Crippen molar-refractivity contribution in [2.24, 2.45) is 0 Å². The van der Waals surface area contributed by atoms with E-state index in [1.807, 2.05) is 20.8 Å². The molecule has 0 saturated carbocycles. The predicted molar refractivity (Wildman–Crippen MR) is 91.2 cm³/mol. The maximum absolute atomic E-state index is 12.1. The molecule has 1 aromatic rings. The van der Waals surface area contributed by atoms with Crippen molar-refractivity contribution in [1.29, 1.82) is 0 Å². The van der Waals surface area contributed by atoms with Crippen LogP contribution >= 0.6 is 0 Å². The molecule has 0 aliphatic heterocycles. The maximum Gasteiger partial charge on any atom is 0.338 e. The third-order valence-corrected chi connectivity index (χ3v) is 4.83. The molecule has 140 valence electrons. The second kappa shape index (κ2) is 7.94. The van der Waals surface area contributed by atoms with Crippen LogP contribution in [0.3, 0.4) is 0 Å². The standard InChI is InChI=1S/C16H24N2O6S/c1-11(14(19)17-16(2,3)4)24-15(20)12-7-9-13(10-8-12)25(21,22)18(5)23-6/h7-11H,1-6H3,(H,17,19)/t11-/m1/s1. The molecule has 0 heterocycles. The Labute approximate surface area is 148 Å². The van der Waals surface area contributed by atoms with Gasteiger partial charge >= 0.3 is 5.97 Å². The Morgan fingerprint density at radius 1 is 1.16 bits per heavy atom. The van der Waals surface area contributed by atoms with Crippen LogP contribution in [0.2, 0.25) is 0 Å². The minimum Gasteiger partial charge on any atom is -0.449 e. The van der Waals surface area contributed by atoms with E-state index in [1.165, 1.54) is 45.3 Å². The summed E-state index contributed by atoms with van der Waals surface area (Å²) >= 11 is 0. The Bertz CT molecular complexity index is 722. The highest BCUT2D eigenvalue weighted by Gasteiger charge is 2.24. The second-order valence-electron chi connectivity index (χ2n) is 6.41. The molecule has 0 unspecified atom stereocenters. The zero-order valence-electron chi connectivity index (χ0n) is 15.2. The molecule has 0 bridgehead atoms. The number of hydrogen-bond donors (Lipinski definition) is 1. The number of hydrogen-bond acceptors (Lipinski definition) is 6. The van der Waals surface area contributed by atoms with Gasteiger partial charge in [-0.05, 0) is 52.0 Å². The second-order valence-corrected chi connectivity index (χ2v) is 8.34. The van der Waals surface area contributed by atoms with Crippen molar-refractivity contribution in [3.05, 3.63) is 29.8 Å². The van der Waals surface area contributed by atoms with E-state index in [0.29, 0.717) is 4.47 Å². The van der Waals surface area contributed by atoms with E-state index in [0.717, 1.165) is 0 Å². The summed E-state index contributed by atoms with van der Waals surface area (Å²) in [5.41, 5.74) is -0.310. The number of amides is 1. The van der Waals surface area contributed by atoms with Crippen LogP contribution in [0.4, 0.5) is 0 Å². The Balaban J connectivity index is 2.83. The van der Waals surface area contributed by atoms with E-state index in [-0.39, 0.29) is 10.5 Å². The number of nitrogens with zero attached hydrogens (tertiary/aromatic N) is 1. The smallest absolute Gasteiger partial charge is 0.338 e. The SMILES string of the molecule is CON(C)S(=O)(=O)c1ccc(C(=O)O[C@H](C)C(=O)NC(C)(C)C)cc1. The van der Waals surface area contributed by atoms with E-state index in [2.05, 4.69) is 10.2 Å². The predicted octanol–water partition coefficient (Wildman–Crippen LogP) is 1.33. The fourth-order valence-corrected chi connectivity index (χ4v) is 2.74. The molecule has 25 heavy (non-hydrogen) atoms. The van der Waals surface area contributed by atoms with Gasteiger partial charge in [0.2, 0.25) is 0 Å². The number of benzene rings is 1. The van der Waals surface area contributed by atoms with Crippen molar-refractivity contribution in [2.45, 2.75) is 44.2 Å². The lowest BCUT2D eigenvalue weighted by atomic mass is 10.1. The molecule has 0 fully saturated rings. The van der Waals surface area contributed by atoms with Crippen LogP contribution in [0.5, 0.6) is 0 Å². The zero-order chi connectivity index (χ0) is 19.4. The number of carbonyl (C=O) groups is 2. The molecule has 0 aliphatic carbocycles. The van der Waals surface area contributed by atoms with Crippen molar-refractivity contribution in [3.63, 3.8) is 0 Å². The first-order valence-corrected chi connectivity index (χ1v) is 8.98. The first-order valence-electron chi connectivity index (χ1n) is 7.54. The first kappa shape index (κ1) is 21.1. The molecule has 1 aromatic carbocycles. The zero-order valence-corrected chi connectivity index (χ0v) is 16.0. The van der Waals surface area contributed by atoms with Crippen molar-refractivity contribution >= 4 is 21.9 Å². The third-order valence-electron chi connectivity index (χ3n) is 3.13. The summed E-state index contributed by atoms with van der Waals surface area (Å²) in [6, 6.07) is 5.16. The van der Waals surface area contributed by atoms with Crippen LogP contribution in [0.15, 0.2) is 29.2 Å². The van der Waals surface area contributed by atoms with Gasteiger partial charge in [-0.1, -0.05) is 4.47 Å². The number of rotatable bonds is 6. The summed E-state index contributed by atoms with van der Waals surface area (Å²) in [6.07, 6.45) is -0.977. The molecule has 0 radical (unpaired) electrons. The number of ether oxygens (including phenoxy) is 1. The lowest BCUT2D eigenvalue weighted by molar-refractivity contribution is -0.130. The van der Waals surface area contributed by atoms with Crippen molar-refractivity contribution in [1.82, 2.24) is 9.79 Å². The van der Waals surface area contributed by atoms with Gasteiger partial charge in [-0.3, -0.25) is 9.63 Å². The third kappa shape index (κ3) is 5.80. The largest absolute Gasteiger partial charge is 0.449 e. The monoisotopic (exact) mass is 372 g/mol. The highest BCUT2D eigenvalue weighted by Crippen LogP contribution is 2.16. The van der Waals surface area contributed by atoms with Gasteiger partial charge < -0.3 is 10.1 Å². The Hall–Kier alpha value is -1.97. The molecule has 0 spiro atoms. The molecule has 1 N–H and O–H groups in total. The van der Waals surface area contributed by atoms with Gasteiger partial charge in [0.25, 0.3) is 15.9 Å². The molecule has 1 rings (SSSR count). The van der Waals surface area contributed by atoms with Gasteiger partial charge in [0, 0.05) is 12.6 Å². The Morgan fingerprint density at radius 3 is 2.12 bits per heavy atom. The van der Waals surface area contributed by atoms with E-state index in [9.17, 15) is 18.0 Å². The van der Waals surface area contributed by atoms with Crippen LogP contribution < -0.4 is 5.32 Å². The van der Waals surface area contributed by atoms with Crippen LogP contribution in [0.1, 0.15) is 38.1 Å². The highest BCUT2D eigenvalue weighted by atomic mass is 32.2. The quantitative estimate of drug-likeness (QED) is 0.597. The van der Waals surface area contributed by atoms with Crippen LogP contribution in [-0.2, 0) is 24.4 Å². The van der Waals surface area contributed by atoms with Gasteiger partial charge in [0.15, 0.2) is 6.10 Å². The van der Waals surface area contributed by atoms with Gasteiger partial charge in [-0.25, -0.2) is 13.2 Å². The molecule has 9 heteroatoms. The lowest BCUT2D eigenvalue weighted by Gasteiger charge is -2.23. The van der Waals surface area contributed by atoms with E-state index >= 15 is 0 Å². The molecular weight excluding hydrogens is 348 g/mol. The topological polar surface area (TPSA) is 102 Å². The van der Waals surface area contributed by atoms with Crippen LogP contribution in [-0.4, -0.2) is 50.6 Å². The van der Waals surface area contributed by atoms with Gasteiger partial charge in [-0.15, -0.1) is 0 Å². The van der Waals surface area contributed by atoms with E-state index in [4.69, 9.17) is 4.74 Å². The fourth-order valence-electron chi connectivity index (χ4n) is 1.76. The molecule has 1 atom stereocenters. The number of nitrogens with one attached hydrogen (secondary N) is 1. The number of carbonyl (C=O) groups excluding carboxylic acids is 2. The maximum atomic E-state index is 12.1. The minimum absolute atomic E-state index is 0.0353. The van der Waals surface area contributed by atoms with Crippen molar-refractivity contribution in [2.75, 3.05) is 14.2 Å². The van der Waals surface area contributed by atoms with Crippen LogP contribution in [0.25, 0.3) is 0 Å². The fraction of sp³-hybridized carbons (Fsp3) is 0.500. The minimum atomic E-state index is -3.79. The summed E-state index contributed by atoms with van der Waals surface area (Å²) in [7, 11) is -1.31. The molecule has 0 aliphatic rings. The lowest BCUT2D eigenvalue weighted by Crippen LogP contribution is -2.46. The molecular formula is C16H24N2O6S. The normalized spacial score (nSPS) is 13.4. The van der Waals surface area contributed by atoms with E-state index in [1.54, 1.807) is 0 Å². The summed E-state index contributed by atoms with van der Waals surface area (Å²) in [5.74, 6) is -1.14. The molecule has 0 saturated heterocycles. The summed E-state index contributed by atoms with van der Waals surface area (Å²) in [4.78, 5) is 28.7. The van der Waals surface area contributed by atoms with Crippen molar-refractivity contribution in [3.8, 4) is 0 Å². The van der Waals surface area contributed by atoms with Gasteiger partial charge in [0.1, 0.15) is 0 Å². The Kier molecular flexibility index (Phi) is 6.69. The average molecular weight is 372 g/mol. The summed E-state index contributed by atoms with van der Waals surface area (Å²) in [5, 5.41) is 2.71. The molecule has 1 amide bonds. The Morgan fingerprint density at radius 2 is 1.68 bits per heavy atom. The van der Waals surface area contributed by atoms with E-state index < -0.39 is 33.5 Å².